The van der Waals surface area contributed by atoms with Gasteiger partial charge in [-0.25, -0.2) is 8.42 Å². The summed E-state index contributed by atoms with van der Waals surface area (Å²) in [6.07, 6.45) is 1.19. The average molecular weight is 161 g/mol. The Balaban J connectivity index is 2.54. The van der Waals surface area contributed by atoms with Gasteiger partial charge in [0, 0.05) is 12.8 Å². The van der Waals surface area contributed by atoms with Gasteiger partial charge in [0.25, 0.3) is 0 Å². The van der Waals surface area contributed by atoms with Crippen LogP contribution in [-0.4, -0.2) is 32.8 Å². The predicted octanol–water partition coefficient (Wildman–Crippen LogP) is -0.806. The first kappa shape index (κ1) is 7.53. The maximum atomic E-state index is 10.7. The molecule has 0 fully saturated rings. The molecule has 0 bridgehead atoms. The quantitative estimate of drug-likeness (QED) is 0.576. The fourth-order valence-electron chi connectivity index (χ4n) is 0.702. The third-order valence-corrected chi connectivity index (χ3v) is 1.84. The van der Waals surface area contributed by atoms with Crippen molar-refractivity contribution in [3.8, 4) is 0 Å². The van der Waals surface area contributed by atoms with Crippen LogP contribution in [0.25, 0.3) is 0 Å². The van der Waals surface area contributed by atoms with Gasteiger partial charge in [-0.15, -0.1) is 0 Å². The Bertz CT molecular complexity index is 242. The van der Waals surface area contributed by atoms with Gasteiger partial charge in [0.05, 0.1) is 6.54 Å². The van der Waals surface area contributed by atoms with Crippen LogP contribution in [-0.2, 0) is 9.84 Å². The first-order valence-corrected chi connectivity index (χ1v) is 4.94. The molecule has 1 radical (unpaired) electrons. The van der Waals surface area contributed by atoms with E-state index in [1.165, 1.54) is 6.26 Å². The topological polar surface area (TPSA) is 58.5 Å². The largest absolute Gasteiger partial charge is 0.371 e. The molecule has 0 aliphatic carbocycles. The molecule has 5 heteroatoms. The Kier molecular flexibility index (Phi) is 1.94. The molecule has 0 saturated heterocycles. The molecule has 1 aliphatic heterocycles. The van der Waals surface area contributed by atoms with Crippen molar-refractivity contribution in [2.24, 2.45) is 4.99 Å². The highest BCUT2D eigenvalue weighted by Gasteiger charge is 2.11. The van der Waals surface area contributed by atoms with Crippen LogP contribution in [0.3, 0.4) is 0 Å². The summed E-state index contributed by atoms with van der Waals surface area (Å²) in [5.74, 6) is 0.561. The summed E-state index contributed by atoms with van der Waals surface area (Å²) in [5.41, 5.74) is 0. The molecule has 1 aliphatic rings. The minimum Gasteiger partial charge on any atom is -0.371 e. The standard InChI is InChI=1S/C5H9N2O2S/c1-10(8,9)4-5-6-2-3-7-5/h2H,3-4H2,1H3,(H,6,7). The maximum Gasteiger partial charge on any atom is 0.154 e. The second-order valence-corrected chi connectivity index (χ2v) is 4.35. The van der Waals surface area contributed by atoms with Crippen LogP contribution < -0.4 is 5.32 Å². The minimum atomic E-state index is -2.92. The Morgan fingerprint density at radius 3 is 2.90 bits per heavy atom. The van der Waals surface area contributed by atoms with E-state index in [1.807, 2.05) is 0 Å². The van der Waals surface area contributed by atoms with E-state index in [1.54, 1.807) is 6.54 Å². The minimum absolute atomic E-state index is 0.0174. The van der Waals surface area contributed by atoms with E-state index in [0.717, 1.165) is 0 Å². The molecule has 0 aromatic rings. The van der Waals surface area contributed by atoms with E-state index < -0.39 is 9.84 Å². The number of nitrogens with one attached hydrogen (secondary N) is 1. The smallest absolute Gasteiger partial charge is 0.154 e. The second kappa shape index (κ2) is 2.57. The highest BCUT2D eigenvalue weighted by molar-refractivity contribution is 7.91. The molecule has 57 valence electrons. The van der Waals surface area contributed by atoms with Crippen molar-refractivity contribution in [2.45, 2.75) is 0 Å². The van der Waals surface area contributed by atoms with Crippen LogP contribution in [0, 0.1) is 6.54 Å². The molecule has 0 unspecified atom stereocenters. The van der Waals surface area contributed by atoms with Crippen LogP contribution in [0.1, 0.15) is 0 Å². The molecular weight excluding hydrogens is 152 g/mol. The van der Waals surface area contributed by atoms with Gasteiger partial charge in [0.15, 0.2) is 9.84 Å². The summed E-state index contributed by atoms with van der Waals surface area (Å²) in [4.78, 5) is 3.82. The van der Waals surface area contributed by atoms with Crippen molar-refractivity contribution in [1.29, 1.82) is 0 Å². The highest BCUT2D eigenvalue weighted by atomic mass is 32.2. The summed E-state index contributed by atoms with van der Waals surface area (Å²) in [7, 11) is -2.92. The molecule has 10 heavy (non-hydrogen) atoms. The molecule has 1 heterocycles. The molecule has 0 atom stereocenters. The highest BCUT2D eigenvalue weighted by Crippen LogP contribution is 1.93. The molecule has 1 N–H and O–H groups in total. The Morgan fingerprint density at radius 2 is 2.50 bits per heavy atom. The molecule has 4 nitrogen and oxygen atoms in total. The summed E-state index contributed by atoms with van der Waals surface area (Å²) in [6.45, 7) is 2.30. The molecular formula is C5H9N2O2S. The van der Waals surface area contributed by atoms with E-state index in [4.69, 9.17) is 0 Å². The number of sulfone groups is 1. The van der Waals surface area contributed by atoms with Gasteiger partial charge in [-0.1, -0.05) is 0 Å². The van der Waals surface area contributed by atoms with Crippen LogP contribution in [0.15, 0.2) is 4.99 Å². The zero-order valence-corrected chi connectivity index (χ0v) is 6.48. The Labute approximate surface area is 60.3 Å². The Morgan fingerprint density at radius 1 is 1.80 bits per heavy atom. The number of rotatable bonds is 2. The van der Waals surface area contributed by atoms with Gasteiger partial charge in [-0.3, -0.25) is 4.99 Å². The van der Waals surface area contributed by atoms with Gasteiger partial charge in [0.1, 0.15) is 11.6 Å². The average Bonchev–Trinajstić information content (AvgIpc) is 2.12. The lowest BCUT2D eigenvalue weighted by molar-refractivity contribution is 0.605. The molecule has 0 saturated carbocycles. The fraction of sp³-hybridized carbons (Fsp3) is 0.600. The zero-order chi connectivity index (χ0) is 7.61. The zero-order valence-electron chi connectivity index (χ0n) is 5.66. The van der Waals surface area contributed by atoms with Crippen molar-refractivity contribution >= 4 is 15.7 Å². The molecule has 0 aromatic heterocycles. The van der Waals surface area contributed by atoms with Crippen LogP contribution in [0.5, 0.6) is 0 Å². The van der Waals surface area contributed by atoms with Gasteiger partial charge in [-0.05, 0) is 0 Å². The fourth-order valence-corrected chi connectivity index (χ4v) is 1.37. The third kappa shape index (κ3) is 2.34. The molecule has 0 spiro atoms. The van der Waals surface area contributed by atoms with E-state index in [-0.39, 0.29) is 5.75 Å². The molecule has 1 rings (SSSR count). The van der Waals surface area contributed by atoms with Crippen LogP contribution >= 0.6 is 0 Å². The van der Waals surface area contributed by atoms with Gasteiger partial charge < -0.3 is 5.32 Å². The van der Waals surface area contributed by atoms with Crippen LogP contribution in [0.2, 0.25) is 0 Å². The summed E-state index contributed by atoms with van der Waals surface area (Å²) in [6, 6.07) is 0. The SMILES string of the molecule is CS(=O)(=O)CC1=N[CH]CN1. The number of aliphatic imine (C=N–C) groups is 1. The number of amidine groups is 1. The van der Waals surface area contributed by atoms with Gasteiger partial charge in [0.2, 0.25) is 0 Å². The number of hydrogen-bond donors (Lipinski definition) is 1. The van der Waals surface area contributed by atoms with Crippen molar-refractivity contribution in [3.63, 3.8) is 0 Å². The monoisotopic (exact) mass is 161 g/mol. The first-order valence-electron chi connectivity index (χ1n) is 2.88. The maximum absolute atomic E-state index is 10.7. The lowest BCUT2D eigenvalue weighted by Crippen LogP contribution is -2.25. The lowest BCUT2D eigenvalue weighted by Gasteiger charge is -1.97. The van der Waals surface area contributed by atoms with Crippen molar-refractivity contribution in [3.05, 3.63) is 6.54 Å². The van der Waals surface area contributed by atoms with Gasteiger partial charge in [-0.2, -0.15) is 0 Å². The lowest BCUT2D eigenvalue weighted by atomic mass is 10.7. The van der Waals surface area contributed by atoms with Crippen molar-refractivity contribution in [2.75, 3.05) is 18.6 Å². The third-order valence-electron chi connectivity index (χ3n) is 1.04. The second-order valence-electron chi connectivity index (χ2n) is 2.21. The summed E-state index contributed by atoms with van der Waals surface area (Å²) in [5, 5.41) is 2.83. The van der Waals surface area contributed by atoms with E-state index in [2.05, 4.69) is 10.3 Å². The van der Waals surface area contributed by atoms with Gasteiger partial charge >= 0.3 is 0 Å². The molecule has 0 amide bonds. The molecule has 0 aromatic carbocycles. The van der Waals surface area contributed by atoms with E-state index in [0.29, 0.717) is 12.4 Å². The van der Waals surface area contributed by atoms with E-state index in [9.17, 15) is 8.42 Å². The number of nitrogens with zero attached hydrogens (tertiary/aromatic N) is 1. The Hall–Kier alpha value is -0.580. The number of hydrogen-bond acceptors (Lipinski definition) is 4. The first-order chi connectivity index (χ1) is 4.58. The van der Waals surface area contributed by atoms with E-state index >= 15 is 0 Å². The summed E-state index contributed by atoms with van der Waals surface area (Å²) >= 11 is 0. The normalized spacial score (nSPS) is 18.3. The van der Waals surface area contributed by atoms with Crippen LogP contribution in [0.4, 0.5) is 0 Å². The van der Waals surface area contributed by atoms with Crippen molar-refractivity contribution in [1.82, 2.24) is 5.32 Å². The van der Waals surface area contributed by atoms with Crippen molar-refractivity contribution < 1.29 is 8.42 Å². The summed E-state index contributed by atoms with van der Waals surface area (Å²) < 4.78 is 21.3. The predicted molar refractivity (Wildman–Crippen MR) is 39.4 cm³/mol.